The quantitative estimate of drug-likeness (QED) is 0.799. The summed E-state index contributed by atoms with van der Waals surface area (Å²) in [4.78, 5) is 15.7. The van der Waals surface area contributed by atoms with Gasteiger partial charge in [0.2, 0.25) is 0 Å². The number of rotatable bonds is 3. The number of benzene rings is 1. The molecule has 0 saturated heterocycles. The van der Waals surface area contributed by atoms with Crippen molar-refractivity contribution in [3.63, 3.8) is 0 Å². The molecule has 1 N–H and O–H groups in total. The summed E-state index contributed by atoms with van der Waals surface area (Å²) in [6, 6.07) is 10.3. The van der Waals surface area contributed by atoms with E-state index >= 15 is 0 Å². The molecule has 3 rings (SSSR count). The molecule has 2 heterocycles. The van der Waals surface area contributed by atoms with E-state index in [1.807, 2.05) is 6.92 Å². The van der Waals surface area contributed by atoms with Gasteiger partial charge in [0, 0.05) is 11.2 Å². The zero-order chi connectivity index (χ0) is 15.0. The number of hydrogen-bond donors (Lipinski definition) is 1. The molecule has 6 heteroatoms. The molecule has 106 valence electrons. The minimum atomic E-state index is -1.10. The molecule has 21 heavy (non-hydrogen) atoms. The number of fused-ring (bicyclic) bond motifs is 1. The summed E-state index contributed by atoms with van der Waals surface area (Å²) in [5, 5.41) is 9.97. The lowest BCUT2D eigenvalue weighted by Crippen LogP contribution is -2.03. The monoisotopic (exact) mass is 302 g/mol. The van der Waals surface area contributed by atoms with E-state index in [2.05, 4.69) is 4.98 Å². The van der Waals surface area contributed by atoms with Gasteiger partial charge in [-0.2, -0.15) is 4.98 Å². The minimum Gasteiger partial charge on any atom is -0.476 e. The van der Waals surface area contributed by atoms with Gasteiger partial charge in [0.15, 0.2) is 5.69 Å². The van der Waals surface area contributed by atoms with Crippen molar-refractivity contribution in [1.29, 1.82) is 0 Å². The molecule has 0 aliphatic heterocycles. The third-order valence-corrected chi connectivity index (χ3v) is 3.28. The normalized spacial score (nSPS) is 10.8. The third kappa shape index (κ3) is 2.43. The Kier molecular flexibility index (Phi) is 3.27. The molecule has 0 saturated carbocycles. The Labute approximate surface area is 125 Å². The lowest BCUT2D eigenvalue weighted by atomic mass is 10.2. The number of imidazole rings is 1. The number of nitrogens with zero attached hydrogens (tertiary/aromatic N) is 2. The topological polar surface area (TPSA) is 63.8 Å². The van der Waals surface area contributed by atoms with E-state index in [-0.39, 0.29) is 11.6 Å². The van der Waals surface area contributed by atoms with Crippen LogP contribution in [0.1, 0.15) is 16.1 Å². The number of carboxylic acid groups (broad SMARTS) is 1. The fourth-order valence-corrected chi connectivity index (χ4v) is 2.30. The number of pyridine rings is 1. The lowest BCUT2D eigenvalue weighted by Gasteiger charge is -2.07. The summed E-state index contributed by atoms with van der Waals surface area (Å²) in [6.07, 6.45) is 1.63. The van der Waals surface area contributed by atoms with Crippen LogP contribution in [0, 0.1) is 6.92 Å². The summed E-state index contributed by atoms with van der Waals surface area (Å²) in [6.45, 7) is 1.83. The second-order valence-electron chi connectivity index (χ2n) is 4.51. The Hall–Kier alpha value is -2.53. The molecule has 0 amide bonds. The van der Waals surface area contributed by atoms with Gasteiger partial charge in [0.25, 0.3) is 5.88 Å². The average molecular weight is 303 g/mol. The van der Waals surface area contributed by atoms with E-state index in [0.29, 0.717) is 16.4 Å². The number of hydrogen-bond acceptors (Lipinski definition) is 3. The molecule has 3 aromatic rings. The van der Waals surface area contributed by atoms with Gasteiger partial charge in [-0.15, -0.1) is 0 Å². The van der Waals surface area contributed by atoms with Gasteiger partial charge in [0.05, 0.1) is 0 Å². The van der Waals surface area contributed by atoms with E-state index < -0.39 is 5.97 Å². The molecule has 0 unspecified atom stereocenters. The zero-order valence-corrected chi connectivity index (χ0v) is 11.8. The van der Waals surface area contributed by atoms with Crippen LogP contribution in [-0.2, 0) is 0 Å². The standard InChI is InChI=1S/C15H11ClN2O3/c1-9-8-10(16)5-6-11(9)21-14-13(15(19)20)18-7-3-2-4-12(18)17-14/h2-8H,1H3,(H,19,20). The number of aromatic carboxylic acids is 1. The Morgan fingerprint density at radius 2 is 2.14 bits per heavy atom. The summed E-state index contributed by atoms with van der Waals surface area (Å²) < 4.78 is 7.15. The maximum Gasteiger partial charge on any atom is 0.358 e. The number of ether oxygens (including phenoxy) is 1. The molecule has 0 atom stereocenters. The minimum absolute atomic E-state index is 0.0139. The van der Waals surface area contributed by atoms with Crippen molar-refractivity contribution < 1.29 is 14.6 Å². The van der Waals surface area contributed by atoms with Crippen molar-refractivity contribution in [2.45, 2.75) is 6.92 Å². The van der Waals surface area contributed by atoms with Crippen molar-refractivity contribution in [2.24, 2.45) is 0 Å². The van der Waals surface area contributed by atoms with E-state index in [0.717, 1.165) is 5.56 Å². The van der Waals surface area contributed by atoms with Crippen molar-refractivity contribution in [1.82, 2.24) is 9.38 Å². The van der Waals surface area contributed by atoms with Gasteiger partial charge < -0.3 is 9.84 Å². The smallest absolute Gasteiger partial charge is 0.358 e. The van der Waals surface area contributed by atoms with E-state index in [4.69, 9.17) is 16.3 Å². The molecule has 0 spiro atoms. The summed E-state index contributed by atoms with van der Waals surface area (Å²) in [5.41, 5.74) is 1.30. The average Bonchev–Trinajstić information content (AvgIpc) is 2.80. The van der Waals surface area contributed by atoms with Gasteiger partial charge in [0.1, 0.15) is 11.4 Å². The van der Waals surface area contributed by atoms with Crippen molar-refractivity contribution >= 4 is 23.2 Å². The SMILES string of the molecule is Cc1cc(Cl)ccc1Oc1nc2ccccn2c1C(=O)O. The van der Waals surface area contributed by atoms with Gasteiger partial charge in [-0.3, -0.25) is 4.40 Å². The second-order valence-corrected chi connectivity index (χ2v) is 4.95. The maximum atomic E-state index is 11.5. The van der Waals surface area contributed by atoms with Gasteiger partial charge in [-0.25, -0.2) is 4.79 Å². The van der Waals surface area contributed by atoms with Crippen LogP contribution in [0.4, 0.5) is 0 Å². The van der Waals surface area contributed by atoms with Crippen LogP contribution in [0.25, 0.3) is 5.65 Å². The molecular weight excluding hydrogens is 292 g/mol. The van der Waals surface area contributed by atoms with Crippen LogP contribution in [0.15, 0.2) is 42.6 Å². The third-order valence-electron chi connectivity index (χ3n) is 3.04. The highest BCUT2D eigenvalue weighted by molar-refractivity contribution is 6.30. The first-order valence-electron chi connectivity index (χ1n) is 6.20. The first-order valence-corrected chi connectivity index (χ1v) is 6.58. The van der Waals surface area contributed by atoms with Crippen LogP contribution in [0.5, 0.6) is 11.6 Å². The van der Waals surface area contributed by atoms with Gasteiger partial charge in [-0.1, -0.05) is 17.7 Å². The van der Waals surface area contributed by atoms with Gasteiger partial charge >= 0.3 is 5.97 Å². The first kappa shape index (κ1) is 13.5. The number of halogens is 1. The van der Waals surface area contributed by atoms with E-state index in [1.165, 1.54) is 4.40 Å². The predicted molar refractivity (Wildman–Crippen MR) is 78.4 cm³/mol. The highest BCUT2D eigenvalue weighted by Gasteiger charge is 2.20. The molecular formula is C15H11ClN2O3. The summed E-state index contributed by atoms with van der Waals surface area (Å²) in [5.74, 6) is -0.528. The zero-order valence-electron chi connectivity index (χ0n) is 11.1. The van der Waals surface area contributed by atoms with E-state index in [1.54, 1.807) is 42.6 Å². The van der Waals surface area contributed by atoms with Crippen LogP contribution in [0.2, 0.25) is 5.02 Å². The van der Waals surface area contributed by atoms with Crippen LogP contribution in [0.3, 0.4) is 0 Å². The lowest BCUT2D eigenvalue weighted by molar-refractivity contribution is 0.0686. The number of aromatic nitrogens is 2. The fourth-order valence-electron chi connectivity index (χ4n) is 2.07. The largest absolute Gasteiger partial charge is 0.476 e. The Morgan fingerprint density at radius 3 is 2.86 bits per heavy atom. The van der Waals surface area contributed by atoms with Crippen molar-refractivity contribution in [2.75, 3.05) is 0 Å². The van der Waals surface area contributed by atoms with Gasteiger partial charge in [-0.05, 0) is 42.8 Å². The highest BCUT2D eigenvalue weighted by atomic mass is 35.5. The molecule has 2 aromatic heterocycles. The number of carboxylic acids is 1. The first-order chi connectivity index (χ1) is 10.1. The molecule has 1 aromatic carbocycles. The molecule has 0 aliphatic rings. The number of carbonyl (C=O) groups is 1. The molecule has 0 bridgehead atoms. The van der Waals surface area contributed by atoms with Crippen LogP contribution >= 0.6 is 11.6 Å². The number of aryl methyl sites for hydroxylation is 1. The maximum absolute atomic E-state index is 11.5. The molecule has 5 nitrogen and oxygen atoms in total. The fraction of sp³-hybridized carbons (Fsp3) is 0.0667. The summed E-state index contributed by atoms with van der Waals surface area (Å²) >= 11 is 5.90. The van der Waals surface area contributed by atoms with E-state index in [9.17, 15) is 9.90 Å². The Morgan fingerprint density at radius 1 is 1.33 bits per heavy atom. The Balaban J connectivity index is 2.12. The van der Waals surface area contributed by atoms with Crippen molar-refractivity contribution in [3.05, 3.63) is 58.9 Å². The second kappa shape index (κ2) is 5.10. The van der Waals surface area contributed by atoms with Crippen LogP contribution in [-0.4, -0.2) is 20.5 Å². The van der Waals surface area contributed by atoms with Crippen LogP contribution < -0.4 is 4.74 Å². The summed E-state index contributed by atoms with van der Waals surface area (Å²) in [7, 11) is 0. The predicted octanol–water partition coefficient (Wildman–Crippen LogP) is 3.79. The highest BCUT2D eigenvalue weighted by Crippen LogP contribution is 2.29. The van der Waals surface area contributed by atoms with Crippen molar-refractivity contribution in [3.8, 4) is 11.6 Å². The molecule has 0 aliphatic carbocycles. The Bertz CT molecular complexity index is 842. The molecule has 0 fully saturated rings. The molecule has 0 radical (unpaired) electrons.